The van der Waals surface area contributed by atoms with Crippen LogP contribution in [0, 0.1) is 5.92 Å². The van der Waals surface area contributed by atoms with Crippen molar-refractivity contribution in [1.82, 2.24) is 0 Å². The zero-order chi connectivity index (χ0) is 8.55. The quantitative estimate of drug-likeness (QED) is 0.541. The summed E-state index contributed by atoms with van der Waals surface area (Å²) >= 11 is 0. The third-order valence-electron chi connectivity index (χ3n) is 2.53. The maximum Gasteiger partial charge on any atom is 0.00627 e. The Bertz CT molecular complexity index is 321. The maximum absolute atomic E-state index is 2.30. The Labute approximate surface area is 73.9 Å². The van der Waals surface area contributed by atoms with Gasteiger partial charge in [0.2, 0.25) is 0 Å². The first-order chi connectivity index (χ1) is 5.79. The molecule has 1 aromatic rings. The van der Waals surface area contributed by atoms with E-state index in [9.17, 15) is 0 Å². The first-order valence-corrected chi connectivity index (χ1v) is 4.38. The SMILES string of the molecule is C[C]1CC=C(C)c2ccccc21. The van der Waals surface area contributed by atoms with E-state index < -0.39 is 0 Å². The fourth-order valence-electron chi connectivity index (χ4n) is 1.73. The van der Waals surface area contributed by atoms with E-state index in [4.69, 9.17) is 0 Å². The van der Waals surface area contributed by atoms with Crippen molar-refractivity contribution in [2.75, 3.05) is 0 Å². The average Bonchev–Trinajstić information content (AvgIpc) is 2.12. The Morgan fingerprint density at radius 2 is 1.67 bits per heavy atom. The van der Waals surface area contributed by atoms with Crippen LogP contribution in [-0.4, -0.2) is 0 Å². The molecule has 0 heteroatoms. The molecular formula is C12H13. The molecule has 1 radical (unpaired) electrons. The third-order valence-corrected chi connectivity index (χ3v) is 2.53. The molecule has 0 aliphatic heterocycles. The number of rotatable bonds is 0. The first-order valence-electron chi connectivity index (χ1n) is 4.38. The van der Waals surface area contributed by atoms with Crippen LogP contribution < -0.4 is 0 Å². The second kappa shape index (κ2) is 2.78. The van der Waals surface area contributed by atoms with Crippen LogP contribution in [0.2, 0.25) is 0 Å². The Morgan fingerprint density at radius 1 is 1.00 bits per heavy atom. The number of hydrogen-bond donors (Lipinski definition) is 0. The van der Waals surface area contributed by atoms with E-state index in [0.717, 1.165) is 6.42 Å². The van der Waals surface area contributed by atoms with Gasteiger partial charge < -0.3 is 0 Å². The van der Waals surface area contributed by atoms with Gasteiger partial charge in [-0.05, 0) is 30.0 Å². The molecule has 0 unspecified atom stereocenters. The highest BCUT2D eigenvalue weighted by Crippen LogP contribution is 2.32. The molecule has 61 valence electrons. The molecule has 0 atom stereocenters. The molecule has 0 saturated heterocycles. The van der Waals surface area contributed by atoms with Gasteiger partial charge in [-0.15, -0.1) is 0 Å². The van der Waals surface area contributed by atoms with E-state index in [0.29, 0.717) is 0 Å². The molecule has 1 aromatic carbocycles. The lowest BCUT2D eigenvalue weighted by atomic mass is 9.85. The Balaban J connectivity index is 2.58. The Hall–Kier alpha value is -1.04. The van der Waals surface area contributed by atoms with Gasteiger partial charge >= 0.3 is 0 Å². The highest BCUT2D eigenvalue weighted by molar-refractivity contribution is 5.71. The zero-order valence-electron chi connectivity index (χ0n) is 7.59. The zero-order valence-corrected chi connectivity index (χ0v) is 7.59. The number of allylic oxidation sites excluding steroid dienone is 2. The smallest absolute Gasteiger partial charge is 0.00627 e. The van der Waals surface area contributed by atoms with Crippen molar-refractivity contribution in [3.8, 4) is 0 Å². The summed E-state index contributed by atoms with van der Waals surface area (Å²) in [5.74, 6) is 1.48. The first kappa shape index (κ1) is 7.60. The van der Waals surface area contributed by atoms with Crippen LogP contribution in [0.1, 0.15) is 31.4 Å². The van der Waals surface area contributed by atoms with Crippen molar-refractivity contribution in [2.24, 2.45) is 0 Å². The van der Waals surface area contributed by atoms with Crippen molar-refractivity contribution >= 4 is 5.57 Å². The van der Waals surface area contributed by atoms with Gasteiger partial charge in [-0.25, -0.2) is 0 Å². The predicted octanol–water partition coefficient (Wildman–Crippen LogP) is 3.44. The summed E-state index contributed by atoms with van der Waals surface area (Å²) in [4.78, 5) is 0. The van der Waals surface area contributed by atoms with Crippen molar-refractivity contribution in [1.29, 1.82) is 0 Å². The van der Waals surface area contributed by atoms with Gasteiger partial charge in [-0.1, -0.05) is 37.3 Å². The average molecular weight is 157 g/mol. The van der Waals surface area contributed by atoms with Gasteiger partial charge in [-0.2, -0.15) is 0 Å². The minimum atomic E-state index is 1.11. The highest BCUT2D eigenvalue weighted by atomic mass is 14.2. The molecule has 0 spiro atoms. The fourth-order valence-corrected chi connectivity index (χ4v) is 1.73. The fraction of sp³-hybridized carbons (Fsp3) is 0.250. The van der Waals surface area contributed by atoms with Crippen LogP contribution in [-0.2, 0) is 0 Å². The largest absolute Gasteiger partial charge is 0.0801 e. The van der Waals surface area contributed by atoms with Crippen LogP contribution in [0.5, 0.6) is 0 Å². The van der Waals surface area contributed by atoms with Crippen molar-refractivity contribution in [2.45, 2.75) is 20.3 Å². The number of fused-ring (bicyclic) bond motifs is 1. The second-order valence-corrected chi connectivity index (χ2v) is 3.42. The van der Waals surface area contributed by atoms with Crippen LogP contribution in [0.15, 0.2) is 30.3 Å². The number of benzene rings is 1. The molecule has 0 aromatic heterocycles. The molecule has 0 heterocycles. The molecule has 0 saturated carbocycles. The molecule has 0 nitrogen and oxygen atoms in total. The molecule has 0 bridgehead atoms. The van der Waals surface area contributed by atoms with Crippen molar-refractivity contribution < 1.29 is 0 Å². The summed E-state index contributed by atoms with van der Waals surface area (Å²) < 4.78 is 0. The summed E-state index contributed by atoms with van der Waals surface area (Å²) in [5, 5.41) is 0. The lowest BCUT2D eigenvalue weighted by molar-refractivity contribution is 1.01. The van der Waals surface area contributed by atoms with Crippen LogP contribution >= 0.6 is 0 Å². The Morgan fingerprint density at radius 3 is 2.33 bits per heavy atom. The Kier molecular flexibility index (Phi) is 1.76. The summed E-state index contributed by atoms with van der Waals surface area (Å²) in [5.41, 5.74) is 4.25. The van der Waals surface area contributed by atoms with Crippen LogP contribution in [0.25, 0.3) is 5.57 Å². The van der Waals surface area contributed by atoms with Crippen LogP contribution in [0.4, 0.5) is 0 Å². The van der Waals surface area contributed by atoms with Gasteiger partial charge in [-0.3, -0.25) is 0 Å². The summed E-state index contributed by atoms with van der Waals surface area (Å²) in [6, 6.07) is 8.63. The van der Waals surface area contributed by atoms with E-state index in [1.807, 2.05) is 0 Å². The van der Waals surface area contributed by atoms with Crippen LogP contribution in [0.3, 0.4) is 0 Å². The van der Waals surface area contributed by atoms with E-state index in [2.05, 4.69) is 44.2 Å². The number of hydrogen-bond acceptors (Lipinski definition) is 0. The maximum atomic E-state index is 2.30. The molecule has 0 fully saturated rings. The topological polar surface area (TPSA) is 0 Å². The summed E-state index contributed by atoms with van der Waals surface area (Å²) in [6.45, 7) is 4.40. The van der Waals surface area contributed by atoms with Gasteiger partial charge in [0.1, 0.15) is 0 Å². The lowest BCUT2D eigenvalue weighted by Gasteiger charge is -2.20. The minimum absolute atomic E-state index is 1.11. The predicted molar refractivity (Wildman–Crippen MR) is 52.7 cm³/mol. The third kappa shape index (κ3) is 1.08. The molecular weight excluding hydrogens is 144 g/mol. The second-order valence-electron chi connectivity index (χ2n) is 3.42. The monoisotopic (exact) mass is 157 g/mol. The minimum Gasteiger partial charge on any atom is -0.0801 e. The molecule has 1 aliphatic carbocycles. The molecule has 0 N–H and O–H groups in total. The normalized spacial score (nSPS) is 17.0. The summed E-state index contributed by atoms with van der Waals surface area (Å²) in [6.07, 6.45) is 3.42. The van der Waals surface area contributed by atoms with Gasteiger partial charge in [0.15, 0.2) is 0 Å². The lowest BCUT2D eigenvalue weighted by Crippen LogP contribution is -2.02. The summed E-state index contributed by atoms with van der Waals surface area (Å²) in [7, 11) is 0. The molecule has 1 aliphatic rings. The van der Waals surface area contributed by atoms with E-state index in [-0.39, 0.29) is 0 Å². The van der Waals surface area contributed by atoms with Gasteiger partial charge in [0, 0.05) is 5.92 Å². The molecule has 0 amide bonds. The van der Waals surface area contributed by atoms with Gasteiger partial charge in [0.25, 0.3) is 0 Å². The highest BCUT2D eigenvalue weighted by Gasteiger charge is 2.14. The van der Waals surface area contributed by atoms with Crippen molar-refractivity contribution in [3.63, 3.8) is 0 Å². The van der Waals surface area contributed by atoms with E-state index in [1.54, 1.807) is 0 Å². The molecule has 12 heavy (non-hydrogen) atoms. The van der Waals surface area contributed by atoms with E-state index in [1.165, 1.54) is 22.6 Å². The standard InChI is InChI=1S/C12H13/c1-9-7-8-10(2)12-6-4-3-5-11(9)12/h3-7H,8H2,1-2H3. The van der Waals surface area contributed by atoms with E-state index >= 15 is 0 Å². The van der Waals surface area contributed by atoms with Gasteiger partial charge in [0.05, 0.1) is 0 Å². The molecule has 2 rings (SSSR count). The van der Waals surface area contributed by atoms with Crippen molar-refractivity contribution in [3.05, 3.63) is 47.4 Å².